The molecule has 0 heterocycles. The summed E-state index contributed by atoms with van der Waals surface area (Å²) >= 11 is 0. The van der Waals surface area contributed by atoms with Gasteiger partial charge in [-0.2, -0.15) is 30.3 Å². The topological polar surface area (TPSA) is 149 Å². The van der Waals surface area contributed by atoms with Crippen LogP contribution in [0.25, 0.3) is 0 Å². The zero-order valence-electron chi connectivity index (χ0n) is 4.74. The molecule has 0 rings (SSSR count). The minimum atomic E-state index is -4.67. The lowest BCUT2D eigenvalue weighted by atomic mass is 15.8. The molecule has 0 radical (unpaired) electrons. The third kappa shape index (κ3) is 81500. The van der Waals surface area contributed by atoms with Crippen LogP contribution in [-0.4, -0.2) is 35.0 Å². The molecule has 0 bridgehead atoms. The average Bonchev–Trinajstić information content (AvgIpc) is 1.12. The normalized spacial score (nSPS) is 10.5. The van der Waals surface area contributed by atoms with E-state index >= 15 is 0 Å². The van der Waals surface area contributed by atoms with Gasteiger partial charge in [0.2, 0.25) is 0 Å². The Morgan fingerprint density at radius 3 is 0.636 bits per heavy atom. The molecule has 11 heteroatoms. The van der Waals surface area contributed by atoms with Gasteiger partial charge < -0.3 is 0 Å². The maximum atomic E-state index is 8.74. The summed E-state index contributed by atoms with van der Waals surface area (Å²) in [5.74, 6) is 0. The molecule has 0 aliphatic carbocycles. The molecule has 0 fully saturated rings. The van der Waals surface area contributed by atoms with E-state index in [1.54, 1.807) is 0 Å². The maximum absolute atomic E-state index is 8.74. The van der Waals surface area contributed by atoms with Crippen molar-refractivity contribution >= 4 is 34.3 Å². The molecule has 0 amide bonds. The molecule has 0 aromatic heterocycles. The molecule has 0 aliphatic rings. The van der Waals surface area contributed by atoms with Crippen molar-refractivity contribution in [3.63, 3.8) is 0 Å². The largest absolute Gasteiger partial charge is 0.394 e. The zero-order valence-corrected chi connectivity index (χ0v) is 7.37. The molecular weight excluding hydrogens is 224 g/mol. The maximum Gasteiger partial charge on any atom is 0.394 e. The first kappa shape index (κ1) is 17.3. The lowest BCUT2D eigenvalue weighted by molar-refractivity contribution is 0.378. The SMILES string of the molecule is O=S(=O)(O)O.O=S(=O)(O)O.S. The molecule has 0 spiro atoms. The summed E-state index contributed by atoms with van der Waals surface area (Å²) < 4.78 is 63.2. The van der Waals surface area contributed by atoms with Crippen LogP contribution in [0.1, 0.15) is 0 Å². The molecular formula is H6O8S3. The fourth-order valence-electron chi connectivity index (χ4n) is 0. The van der Waals surface area contributed by atoms with Gasteiger partial charge in [-0.25, -0.2) is 0 Å². The van der Waals surface area contributed by atoms with Gasteiger partial charge in [-0.3, -0.25) is 18.2 Å². The molecule has 11 heavy (non-hydrogen) atoms. The lowest BCUT2D eigenvalue weighted by Gasteiger charge is -1.68. The van der Waals surface area contributed by atoms with Crippen molar-refractivity contribution in [2.75, 3.05) is 0 Å². The minimum Gasteiger partial charge on any atom is -0.264 e. The highest BCUT2D eigenvalue weighted by molar-refractivity contribution is 7.80. The summed E-state index contributed by atoms with van der Waals surface area (Å²) in [5.41, 5.74) is 0. The van der Waals surface area contributed by atoms with Gasteiger partial charge in [0.25, 0.3) is 0 Å². The Labute approximate surface area is 69.8 Å². The average molecular weight is 230 g/mol. The zero-order chi connectivity index (χ0) is 9.00. The molecule has 0 aliphatic heterocycles. The van der Waals surface area contributed by atoms with Crippen molar-refractivity contribution in [2.24, 2.45) is 0 Å². The van der Waals surface area contributed by atoms with Gasteiger partial charge in [0.1, 0.15) is 0 Å². The van der Waals surface area contributed by atoms with Gasteiger partial charge in [0.05, 0.1) is 0 Å². The van der Waals surface area contributed by atoms with Gasteiger partial charge in [0, 0.05) is 0 Å². The van der Waals surface area contributed by atoms with E-state index < -0.39 is 20.8 Å². The van der Waals surface area contributed by atoms with E-state index in [9.17, 15) is 0 Å². The standard InChI is InChI=1S/2H2O4S.H2S/c2*1-5(2,3)4;/h2*(H2,1,2,3,4);1H2. The predicted octanol–water partition coefficient (Wildman–Crippen LogP) is -1.19. The number of rotatable bonds is 0. The van der Waals surface area contributed by atoms with Crippen molar-refractivity contribution in [3.8, 4) is 0 Å². The van der Waals surface area contributed by atoms with Crippen LogP contribution in [0.4, 0.5) is 0 Å². The summed E-state index contributed by atoms with van der Waals surface area (Å²) in [6.45, 7) is 0. The number of hydrogen-bond acceptors (Lipinski definition) is 4. The van der Waals surface area contributed by atoms with Crippen LogP contribution in [0.2, 0.25) is 0 Å². The second-order valence-corrected chi connectivity index (χ2v) is 2.69. The van der Waals surface area contributed by atoms with Crippen molar-refractivity contribution < 1.29 is 35.0 Å². The van der Waals surface area contributed by atoms with Crippen LogP contribution >= 0.6 is 13.5 Å². The summed E-state index contributed by atoms with van der Waals surface area (Å²) in [7, 11) is -9.33. The van der Waals surface area contributed by atoms with Gasteiger partial charge in [-0.15, -0.1) is 0 Å². The Morgan fingerprint density at radius 2 is 0.636 bits per heavy atom. The summed E-state index contributed by atoms with van der Waals surface area (Å²) in [4.78, 5) is 0. The predicted molar refractivity (Wildman–Crippen MR) is 38.7 cm³/mol. The summed E-state index contributed by atoms with van der Waals surface area (Å²) in [5, 5.41) is 0. The highest BCUT2D eigenvalue weighted by atomic mass is 32.3. The van der Waals surface area contributed by atoms with E-state index in [0.29, 0.717) is 0 Å². The highest BCUT2D eigenvalue weighted by Crippen LogP contribution is 1.59. The first-order chi connectivity index (χ1) is 4.00. The monoisotopic (exact) mass is 230 g/mol. The Hall–Kier alpha value is 0.0900. The second-order valence-electron chi connectivity index (χ2n) is 0.896. The van der Waals surface area contributed by atoms with Crippen molar-refractivity contribution in [1.29, 1.82) is 0 Å². The first-order valence-corrected chi connectivity index (χ1v) is 4.19. The van der Waals surface area contributed by atoms with Crippen molar-refractivity contribution in [3.05, 3.63) is 0 Å². The van der Waals surface area contributed by atoms with Crippen LogP contribution in [0.15, 0.2) is 0 Å². The van der Waals surface area contributed by atoms with Gasteiger partial charge >= 0.3 is 20.8 Å². The van der Waals surface area contributed by atoms with Crippen LogP contribution < -0.4 is 0 Å². The lowest BCUT2D eigenvalue weighted by Crippen LogP contribution is -1.89. The van der Waals surface area contributed by atoms with E-state index in [1.165, 1.54) is 0 Å². The molecule has 0 saturated carbocycles. The highest BCUT2D eigenvalue weighted by Gasteiger charge is 1.85. The van der Waals surface area contributed by atoms with E-state index in [0.717, 1.165) is 0 Å². The Balaban J connectivity index is -0.000000107. The van der Waals surface area contributed by atoms with E-state index in [-0.39, 0.29) is 13.5 Å². The molecule has 4 N–H and O–H groups in total. The van der Waals surface area contributed by atoms with Gasteiger partial charge in [-0.05, 0) is 0 Å². The fourth-order valence-corrected chi connectivity index (χ4v) is 0. The molecule has 0 unspecified atom stereocenters. The molecule has 0 atom stereocenters. The Bertz CT molecular complexity index is 206. The quantitative estimate of drug-likeness (QED) is 0.379. The van der Waals surface area contributed by atoms with Crippen LogP contribution in [0.5, 0.6) is 0 Å². The Kier molecular flexibility index (Phi) is 8.95. The van der Waals surface area contributed by atoms with Crippen LogP contribution in [0, 0.1) is 0 Å². The minimum absolute atomic E-state index is 0. The molecule has 0 aromatic rings. The van der Waals surface area contributed by atoms with E-state index in [4.69, 9.17) is 35.0 Å². The van der Waals surface area contributed by atoms with Crippen molar-refractivity contribution in [2.45, 2.75) is 0 Å². The second kappa shape index (κ2) is 5.70. The third-order valence-corrected chi connectivity index (χ3v) is 0. The molecule has 8 nitrogen and oxygen atoms in total. The van der Waals surface area contributed by atoms with Crippen molar-refractivity contribution in [1.82, 2.24) is 0 Å². The first-order valence-electron chi connectivity index (χ1n) is 1.40. The van der Waals surface area contributed by atoms with Gasteiger partial charge in [0.15, 0.2) is 0 Å². The molecule has 0 saturated heterocycles. The van der Waals surface area contributed by atoms with Crippen LogP contribution in [-0.2, 0) is 20.8 Å². The Morgan fingerprint density at radius 1 is 0.636 bits per heavy atom. The van der Waals surface area contributed by atoms with E-state index in [2.05, 4.69) is 0 Å². The van der Waals surface area contributed by atoms with Gasteiger partial charge in [-0.1, -0.05) is 0 Å². The summed E-state index contributed by atoms with van der Waals surface area (Å²) in [6.07, 6.45) is 0. The molecule has 72 valence electrons. The van der Waals surface area contributed by atoms with Crippen LogP contribution in [0.3, 0.4) is 0 Å². The smallest absolute Gasteiger partial charge is 0.264 e. The molecule has 0 aromatic carbocycles. The summed E-state index contributed by atoms with van der Waals surface area (Å²) in [6, 6.07) is 0. The number of hydrogen-bond donors (Lipinski definition) is 4. The van der Waals surface area contributed by atoms with E-state index in [1.807, 2.05) is 0 Å². The fraction of sp³-hybridized carbons (Fsp3) is 0. The third-order valence-electron chi connectivity index (χ3n) is 0.